The molecule has 0 aromatic carbocycles. The quantitative estimate of drug-likeness (QED) is 0.674. The minimum atomic E-state index is -0.475. The van der Waals surface area contributed by atoms with E-state index in [1.807, 2.05) is 6.92 Å². The summed E-state index contributed by atoms with van der Waals surface area (Å²) in [6.07, 6.45) is 0. The van der Waals surface area contributed by atoms with Crippen molar-refractivity contribution < 1.29 is 14.3 Å². The lowest BCUT2D eigenvalue weighted by atomic mass is 10.4. The molecule has 0 radical (unpaired) electrons. The Morgan fingerprint density at radius 3 is 3.08 bits per heavy atom. The summed E-state index contributed by atoms with van der Waals surface area (Å²) in [6, 6.07) is 1.50. The lowest BCUT2D eigenvalue weighted by Gasteiger charge is -1.94. The van der Waals surface area contributed by atoms with Crippen LogP contribution >= 0.6 is 0 Å². The number of carbonyl (C=O) groups excluding carboxylic acids is 1. The first-order valence-electron chi connectivity index (χ1n) is 3.54. The van der Waals surface area contributed by atoms with Crippen LogP contribution in [-0.4, -0.2) is 29.9 Å². The summed E-state index contributed by atoms with van der Waals surface area (Å²) in [5, 5.41) is 6.23. The van der Waals surface area contributed by atoms with Gasteiger partial charge in [-0.25, -0.2) is 9.89 Å². The van der Waals surface area contributed by atoms with Gasteiger partial charge in [-0.1, -0.05) is 0 Å². The van der Waals surface area contributed by atoms with Gasteiger partial charge in [0.05, 0.1) is 13.7 Å². The molecule has 0 fully saturated rings. The fourth-order valence-corrected chi connectivity index (χ4v) is 0.743. The smallest absolute Gasteiger partial charge is 0.358 e. The first-order valence-corrected chi connectivity index (χ1v) is 3.54. The average Bonchev–Trinajstić information content (AvgIpc) is 2.52. The molecule has 0 saturated heterocycles. The standard InChI is InChI=1S/C7H10N2O3/c1-3-12-6-4-5(8-9-6)7(10)11-2/h4H,3H2,1-2H3,(H,8,9). The molecule has 0 bridgehead atoms. The van der Waals surface area contributed by atoms with Crippen molar-refractivity contribution in [2.24, 2.45) is 0 Å². The van der Waals surface area contributed by atoms with Gasteiger partial charge >= 0.3 is 5.97 Å². The van der Waals surface area contributed by atoms with Crippen molar-refractivity contribution in [1.82, 2.24) is 10.2 Å². The van der Waals surface area contributed by atoms with Gasteiger partial charge in [0.1, 0.15) is 0 Å². The highest BCUT2D eigenvalue weighted by Gasteiger charge is 2.09. The number of aromatic amines is 1. The summed E-state index contributed by atoms with van der Waals surface area (Å²) >= 11 is 0. The number of aromatic nitrogens is 2. The number of hydrogen-bond acceptors (Lipinski definition) is 4. The SMILES string of the molecule is CCOc1cc(C(=O)OC)n[nH]1. The van der Waals surface area contributed by atoms with Gasteiger partial charge in [0.2, 0.25) is 5.88 Å². The predicted molar refractivity (Wildman–Crippen MR) is 41.1 cm³/mol. The van der Waals surface area contributed by atoms with Gasteiger partial charge < -0.3 is 9.47 Å². The maximum atomic E-state index is 10.9. The van der Waals surface area contributed by atoms with Gasteiger partial charge in [-0.2, -0.15) is 5.10 Å². The van der Waals surface area contributed by atoms with Crippen molar-refractivity contribution in [1.29, 1.82) is 0 Å². The summed E-state index contributed by atoms with van der Waals surface area (Å²) in [4.78, 5) is 10.9. The number of ether oxygens (including phenoxy) is 2. The second-order valence-corrected chi connectivity index (χ2v) is 2.04. The number of H-pyrrole nitrogens is 1. The van der Waals surface area contributed by atoms with E-state index in [4.69, 9.17) is 4.74 Å². The number of nitrogens with one attached hydrogen (secondary N) is 1. The van der Waals surface area contributed by atoms with Crippen LogP contribution in [0.4, 0.5) is 0 Å². The molecular formula is C7H10N2O3. The zero-order valence-electron chi connectivity index (χ0n) is 6.96. The van der Waals surface area contributed by atoms with E-state index >= 15 is 0 Å². The van der Waals surface area contributed by atoms with E-state index in [0.717, 1.165) is 0 Å². The van der Waals surface area contributed by atoms with Crippen LogP contribution in [0.3, 0.4) is 0 Å². The van der Waals surface area contributed by atoms with Crippen LogP contribution in [0, 0.1) is 0 Å². The summed E-state index contributed by atoms with van der Waals surface area (Å²) in [5.41, 5.74) is 0.223. The Bertz CT molecular complexity index is 269. The molecule has 0 spiro atoms. The third-order valence-electron chi connectivity index (χ3n) is 1.25. The Kier molecular flexibility index (Phi) is 2.68. The second kappa shape index (κ2) is 3.75. The summed E-state index contributed by atoms with van der Waals surface area (Å²) in [5.74, 6) is -0.00453. The average molecular weight is 170 g/mol. The van der Waals surface area contributed by atoms with E-state index in [1.165, 1.54) is 13.2 Å². The van der Waals surface area contributed by atoms with E-state index in [0.29, 0.717) is 12.5 Å². The fraction of sp³-hybridized carbons (Fsp3) is 0.429. The van der Waals surface area contributed by atoms with E-state index in [2.05, 4.69) is 14.9 Å². The first kappa shape index (κ1) is 8.58. The molecule has 0 saturated carbocycles. The van der Waals surface area contributed by atoms with Crippen LogP contribution in [0.25, 0.3) is 0 Å². The van der Waals surface area contributed by atoms with Crippen LogP contribution in [-0.2, 0) is 4.74 Å². The number of esters is 1. The monoisotopic (exact) mass is 170 g/mol. The van der Waals surface area contributed by atoms with Gasteiger partial charge in [-0.3, -0.25) is 0 Å². The number of carbonyl (C=O) groups is 1. The van der Waals surface area contributed by atoms with Crippen LogP contribution in [0.1, 0.15) is 17.4 Å². The molecule has 5 nitrogen and oxygen atoms in total. The molecule has 1 heterocycles. The maximum absolute atomic E-state index is 10.9. The van der Waals surface area contributed by atoms with Crippen molar-refractivity contribution in [3.8, 4) is 5.88 Å². The zero-order valence-corrected chi connectivity index (χ0v) is 6.96. The molecule has 1 aromatic rings. The molecule has 0 amide bonds. The van der Waals surface area contributed by atoms with Crippen LogP contribution in [0.15, 0.2) is 6.07 Å². The van der Waals surface area contributed by atoms with Crippen molar-refractivity contribution in [2.75, 3.05) is 13.7 Å². The largest absolute Gasteiger partial charge is 0.478 e. The maximum Gasteiger partial charge on any atom is 0.358 e. The van der Waals surface area contributed by atoms with Crippen molar-refractivity contribution in [2.45, 2.75) is 6.92 Å². The van der Waals surface area contributed by atoms with E-state index < -0.39 is 5.97 Å². The van der Waals surface area contributed by atoms with Gasteiger partial charge in [0.25, 0.3) is 0 Å². The molecule has 0 aliphatic rings. The summed E-state index contributed by atoms with van der Waals surface area (Å²) in [7, 11) is 1.30. The summed E-state index contributed by atoms with van der Waals surface area (Å²) < 4.78 is 9.51. The van der Waals surface area contributed by atoms with Crippen molar-refractivity contribution in [3.05, 3.63) is 11.8 Å². The Morgan fingerprint density at radius 2 is 2.50 bits per heavy atom. The molecule has 1 rings (SSSR count). The Hall–Kier alpha value is -1.52. The highest BCUT2D eigenvalue weighted by Crippen LogP contribution is 2.08. The van der Waals surface area contributed by atoms with Crippen molar-refractivity contribution >= 4 is 5.97 Å². The Labute approximate surface area is 69.7 Å². The minimum Gasteiger partial charge on any atom is -0.478 e. The molecule has 1 N–H and O–H groups in total. The molecule has 5 heteroatoms. The molecule has 66 valence electrons. The van der Waals surface area contributed by atoms with Crippen LogP contribution < -0.4 is 4.74 Å². The number of hydrogen-bond donors (Lipinski definition) is 1. The lowest BCUT2D eigenvalue weighted by molar-refractivity contribution is 0.0594. The van der Waals surface area contributed by atoms with E-state index in [1.54, 1.807) is 0 Å². The van der Waals surface area contributed by atoms with Gasteiger partial charge in [-0.15, -0.1) is 0 Å². The molecule has 0 aliphatic heterocycles. The van der Waals surface area contributed by atoms with Gasteiger partial charge in [0.15, 0.2) is 5.69 Å². The molecule has 0 unspecified atom stereocenters. The number of nitrogens with zero attached hydrogens (tertiary/aromatic N) is 1. The lowest BCUT2D eigenvalue weighted by Crippen LogP contribution is -2.00. The minimum absolute atomic E-state index is 0.223. The fourth-order valence-electron chi connectivity index (χ4n) is 0.743. The molecule has 0 aliphatic carbocycles. The van der Waals surface area contributed by atoms with E-state index in [-0.39, 0.29) is 5.69 Å². The normalized spacial score (nSPS) is 9.50. The number of methoxy groups -OCH3 is 1. The van der Waals surface area contributed by atoms with E-state index in [9.17, 15) is 4.79 Å². The van der Waals surface area contributed by atoms with Crippen LogP contribution in [0.2, 0.25) is 0 Å². The third kappa shape index (κ3) is 1.75. The van der Waals surface area contributed by atoms with Gasteiger partial charge in [0, 0.05) is 6.07 Å². The molecule has 12 heavy (non-hydrogen) atoms. The topological polar surface area (TPSA) is 64.2 Å². The highest BCUT2D eigenvalue weighted by atomic mass is 16.5. The predicted octanol–water partition coefficient (Wildman–Crippen LogP) is 0.595. The zero-order chi connectivity index (χ0) is 8.97. The molecular weight excluding hydrogens is 160 g/mol. The van der Waals surface area contributed by atoms with Gasteiger partial charge in [-0.05, 0) is 6.92 Å². The molecule has 0 atom stereocenters. The summed E-state index contributed by atoms with van der Waals surface area (Å²) in [6.45, 7) is 2.38. The third-order valence-corrected chi connectivity index (χ3v) is 1.25. The molecule has 1 aromatic heterocycles. The second-order valence-electron chi connectivity index (χ2n) is 2.04. The Morgan fingerprint density at radius 1 is 1.75 bits per heavy atom. The number of rotatable bonds is 3. The van der Waals surface area contributed by atoms with Crippen molar-refractivity contribution in [3.63, 3.8) is 0 Å². The highest BCUT2D eigenvalue weighted by molar-refractivity contribution is 5.87. The van der Waals surface area contributed by atoms with Crippen LogP contribution in [0.5, 0.6) is 5.88 Å². The first-order chi connectivity index (χ1) is 5.77. The Balaban J connectivity index is 2.70.